The molecule has 0 saturated heterocycles. The number of carbonyl (C=O) groups excluding carboxylic acids is 1. The summed E-state index contributed by atoms with van der Waals surface area (Å²) in [5, 5.41) is 19.2. The summed E-state index contributed by atoms with van der Waals surface area (Å²) >= 11 is 0. The van der Waals surface area contributed by atoms with Crippen LogP contribution in [0.5, 0.6) is 11.5 Å². The molecule has 0 saturated carbocycles. The van der Waals surface area contributed by atoms with E-state index in [0.717, 1.165) is 11.8 Å². The fraction of sp³-hybridized carbons (Fsp3) is 0.118. The van der Waals surface area contributed by atoms with Crippen LogP contribution in [0.25, 0.3) is 5.69 Å². The summed E-state index contributed by atoms with van der Waals surface area (Å²) in [5.74, 6) is -0.703. The Labute approximate surface area is 153 Å². The van der Waals surface area contributed by atoms with Crippen LogP contribution in [0, 0.1) is 10.1 Å². The van der Waals surface area contributed by atoms with E-state index in [1.54, 1.807) is 10.9 Å². The van der Waals surface area contributed by atoms with Crippen LogP contribution in [-0.4, -0.2) is 32.9 Å². The number of ether oxygens (including phenoxy) is 2. The molecule has 1 aromatic heterocycles. The maximum Gasteiger partial charge on any atom is 0.286 e. The molecule has 0 bridgehead atoms. The van der Waals surface area contributed by atoms with Gasteiger partial charge in [-0.15, -0.1) is 5.10 Å². The van der Waals surface area contributed by atoms with Gasteiger partial charge in [0.2, 0.25) is 0 Å². The summed E-state index contributed by atoms with van der Waals surface area (Å²) in [5.41, 5.74) is 5.79. The Morgan fingerprint density at radius 1 is 1.26 bits per heavy atom. The minimum absolute atomic E-state index is 0.00370. The number of carbonyl (C=O) groups is 1. The molecule has 0 radical (unpaired) electrons. The predicted molar refractivity (Wildman–Crippen MR) is 93.9 cm³/mol. The van der Waals surface area contributed by atoms with Gasteiger partial charge in [0.25, 0.3) is 11.6 Å². The first-order valence-corrected chi connectivity index (χ1v) is 7.75. The zero-order valence-electron chi connectivity index (χ0n) is 14.2. The molecule has 0 atom stereocenters. The van der Waals surface area contributed by atoms with E-state index < -0.39 is 16.5 Å². The molecule has 0 spiro atoms. The van der Waals surface area contributed by atoms with Crippen LogP contribution in [0.3, 0.4) is 0 Å². The summed E-state index contributed by atoms with van der Waals surface area (Å²) in [6.07, 6.45) is 1.67. The van der Waals surface area contributed by atoms with Gasteiger partial charge in [-0.05, 0) is 12.1 Å². The Bertz CT molecular complexity index is 987. The van der Waals surface area contributed by atoms with Crippen molar-refractivity contribution >= 4 is 11.6 Å². The Kier molecular flexibility index (Phi) is 4.97. The number of methoxy groups -OCH3 is 1. The maximum absolute atomic E-state index is 11.4. The number of nitrogens with two attached hydrogens (primary N) is 1. The number of para-hydroxylation sites is 1. The summed E-state index contributed by atoms with van der Waals surface area (Å²) in [4.78, 5) is 21.9. The number of hydrogen-bond acceptors (Lipinski definition) is 7. The number of primary amides is 1. The first-order chi connectivity index (χ1) is 13.0. The predicted octanol–water partition coefficient (Wildman–Crippen LogP) is 1.86. The van der Waals surface area contributed by atoms with Crippen molar-refractivity contribution < 1.29 is 19.2 Å². The van der Waals surface area contributed by atoms with E-state index in [2.05, 4.69) is 10.3 Å². The van der Waals surface area contributed by atoms with Gasteiger partial charge in [0, 0.05) is 6.07 Å². The Hall–Kier alpha value is -3.95. The zero-order valence-corrected chi connectivity index (χ0v) is 14.2. The molecular formula is C17H15N5O5. The average Bonchev–Trinajstić information content (AvgIpc) is 3.15. The highest BCUT2D eigenvalue weighted by atomic mass is 16.6. The number of nitro benzene ring substituents is 1. The smallest absolute Gasteiger partial charge is 0.286 e. The fourth-order valence-electron chi connectivity index (χ4n) is 2.39. The Morgan fingerprint density at radius 2 is 2.00 bits per heavy atom. The summed E-state index contributed by atoms with van der Waals surface area (Å²) in [6.45, 7) is -0.00370. The van der Waals surface area contributed by atoms with Gasteiger partial charge < -0.3 is 15.2 Å². The zero-order chi connectivity index (χ0) is 19.4. The molecule has 2 aromatic carbocycles. The SMILES string of the molecule is COc1cc(C(N)=O)c([N+](=O)[O-])cc1OCc1cn(-c2ccccc2)nn1. The molecule has 1 heterocycles. The van der Waals surface area contributed by atoms with Crippen LogP contribution in [0.1, 0.15) is 16.1 Å². The van der Waals surface area contributed by atoms with Crippen LogP contribution in [0.15, 0.2) is 48.7 Å². The highest BCUT2D eigenvalue weighted by molar-refractivity contribution is 5.97. The van der Waals surface area contributed by atoms with Crippen LogP contribution in [-0.2, 0) is 6.61 Å². The molecule has 0 aliphatic rings. The van der Waals surface area contributed by atoms with Crippen molar-refractivity contribution in [2.24, 2.45) is 5.73 Å². The van der Waals surface area contributed by atoms with Gasteiger partial charge in [-0.3, -0.25) is 14.9 Å². The monoisotopic (exact) mass is 369 g/mol. The van der Waals surface area contributed by atoms with Crippen molar-refractivity contribution in [1.82, 2.24) is 15.0 Å². The van der Waals surface area contributed by atoms with E-state index in [4.69, 9.17) is 15.2 Å². The molecule has 10 heteroatoms. The fourth-order valence-corrected chi connectivity index (χ4v) is 2.39. The van der Waals surface area contributed by atoms with E-state index >= 15 is 0 Å². The van der Waals surface area contributed by atoms with E-state index in [1.807, 2.05) is 30.3 Å². The number of benzene rings is 2. The lowest BCUT2D eigenvalue weighted by atomic mass is 10.1. The van der Waals surface area contributed by atoms with E-state index in [-0.39, 0.29) is 23.7 Å². The van der Waals surface area contributed by atoms with E-state index in [1.165, 1.54) is 13.2 Å². The first-order valence-electron chi connectivity index (χ1n) is 7.75. The largest absolute Gasteiger partial charge is 0.493 e. The van der Waals surface area contributed by atoms with E-state index in [9.17, 15) is 14.9 Å². The Balaban J connectivity index is 1.83. The van der Waals surface area contributed by atoms with Crippen molar-refractivity contribution in [3.05, 3.63) is 70.0 Å². The van der Waals surface area contributed by atoms with Crippen LogP contribution >= 0.6 is 0 Å². The molecular weight excluding hydrogens is 354 g/mol. The molecule has 138 valence electrons. The Morgan fingerprint density at radius 3 is 2.63 bits per heavy atom. The lowest BCUT2D eigenvalue weighted by Gasteiger charge is -2.11. The first kappa shape index (κ1) is 17.9. The van der Waals surface area contributed by atoms with Gasteiger partial charge >= 0.3 is 0 Å². The molecule has 3 rings (SSSR count). The second kappa shape index (κ2) is 7.52. The van der Waals surface area contributed by atoms with Gasteiger partial charge in [-0.25, -0.2) is 4.68 Å². The number of aromatic nitrogens is 3. The molecule has 0 fully saturated rings. The second-order valence-corrected chi connectivity index (χ2v) is 5.42. The minimum Gasteiger partial charge on any atom is -0.493 e. The quantitative estimate of drug-likeness (QED) is 0.496. The van der Waals surface area contributed by atoms with E-state index in [0.29, 0.717) is 5.69 Å². The second-order valence-electron chi connectivity index (χ2n) is 5.42. The lowest BCUT2D eigenvalue weighted by molar-refractivity contribution is -0.385. The molecule has 0 unspecified atom stereocenters. The minimum atomic E-state index is -0.933. The number of amides is 1. The number of rotatable bonds is 7. The standard InChI is InChI=1S/C17H15N5O5/c1-26-15-7-13(17(18)23)14(22(24)25)8-16(15)27-10-11-9-21(20-19-11)12-5-3-2-4-6-12/h2-9H,10H2,1H3,(H2,18,23). The summed E-state index contributed by atoms with van der Waals surface area (Å²) in [6, 6.07) is 11.6. The van der Waals surface area contributed by atoms with Gasteiger partial charge in [0.05, 0.1) is 30.0 Å². The highest BCUT2D eigenvalue weighted by Gasteiger charge is 2.23. The lowest BCUT2D eigenvalue weighted by Crippen LogP contribution is -2.14. The third-order valence-electron chi connectivity index (χ3n) is 3.68. The molecule has 0 aliphatic heterocycles. The van der Waals surface area contributed by atoms with Crippen molar-refractivity contribution in [3.8, 4) is 17.2 Å². The topological polar surface area (TPSA) is 135 Å². The third-order valence-corrected chi connectivity index (χ3v) is 3.68. The molecule has 10 nitrogen and oxygen atoms in total. The van der Waals surface area contributed by atoms with Gasteiger partial charge in [-0.1, -0.05) is 23.4 Å². The van der Waals surface area contributed by atoms with Crippen LogP contribution < -0.4 is 15.2 Å². The summed E-state index contributed by atoms with van der Waals surface area (Å²) < 4.78 is 12.3. The van der Waals surface area contributed by atoms with Crippen molar-refractivity contribution in [2.75, 3.05) is 7.11 Å². The molecule has 0 aliphatic carbocycles. The van der Waals surface area contributed by atoms with Crippen molar-refractivity contribution in [2.45, 2.75) is 6.61 Å². The van der Waals surface area contributed by atoms with Crippen molar-refractivity contribution in [1.29, 1.82) is 0 Å². The molecule has 2 N–H and O–H groups in total. The highest BCUT2D eigenvalue weighted by Crippen LogP contribution is 2.35. The number of nitrogens with zero attached hydrogens (tertiary/aromatic N) is 4. The number of hydrogen-bond donors (Lipinski definition) is 1. The molecule has 1 amide bonds. The van der Waals surface area contributed by atoms with Gasteiger partial charge in [-0.2, -0.15) is 0 Å². The van der Waals surface area contributed by atoms with Crippen LogP contribution in [0.2, 0.25) is 0 Å². The van der Waals surface area contributed by atoms with Gasteiger partial charge in [0.1, 0.15) is 17.9 Å². The number of nitro groups is 1. The molecule has 3 aromatic rings. The van der Waals surface area contributed by atoms with Crippen molar-refractivity contribution in [3.63, 3.8) is 0 Å². The average molecular weight is 369 g/mol. The normalized spacial score (nSPS) is 10.4. The van der Waals surface area contributed by atoms with Crippen LogP contribution in [0.4, 0.5) is 5.69 Å². The summed E-state index contributed by atoms with van der Waals surface area (Å²) in [7, 11) is 1.35. The third kappa shape index (κ3) is 3.84. The maximum atomic E-state index is 11.4. The van der Waals surface area contributed by atoms with Gasteiger partial charge in [0.15, 0.2) is 11.5 Å². The molecule has 27 heavy (non-hydrogen) atoms.